The van der Waals surface area contributed by atoms with Crippen LogP contribution in [0.1, 0.15) is 58.4 Å². The third-order valence-electron chi connectivity index (χ3n) is 11.9. The van der Waals surface area contributed by atoms with Crippen LogP contribution in [0, 0.1) is 5.41 Å². The number of piperidine rings is 1. The summed E-state index contributed by atoms with van der Waals surface area (Å²) in [6.07, 6.45) is 8.58. The Morgan fingerprint density at radius 2 is 1.66 bits per heavy atom. The van der Waals surface area contributed by atoms with Crippen molar-refractivity contribution in [3.63, 3.8) is 0 Å². The van der Waals surface area contributed by atoms with Gasteiger partial charge in [0.1, 0.15) is 17.5 Å². The van der Waals surface area contributed by atoms with Crippen molar-refractivity contribution < 1.29 is 28.7 Å². The molecule has 1 unspecified atom stereocenters. The largest absolute Gasteiger partial charge is 0.496 e. The van der Waals surface area contributed by atoms with Gasteiger partial charge in [0.05, 0.1) is 36.3 Å². The number of nitrogens with zero attached hydrogens (tertiary/aromatic N) is 6. The Morgan fingerprint density at radius 1 is 0.911 bits per heavy atom. The molecular formula is C42H47N7O7. The number of aryl methyl sites for hydroxylation is 1. The molecule has 4 amide bonds. The summed E-state index contributed by atoms with van der Waals surface area (Å²) < 4.78 is 13.4. The minimum Gasteiger partial charge on any atom is -0.496 e. The highest BCUT2D eigenvalue weighted by atomic mass is 16.5. The topological polar surface area (TPSA) is 147 Å². The van der Waals surface area contributed by atoms with E-state index in [-0.39, 0.29) is 29.7 Å². The number of pyridine rings is 2. The second-order valence-electron chi connectivity index (χ2n) is 15.7. The van der Waals surface area contributed by atoms with E-state index in [4.69, 9.17) is 9.47 Å². The molecule has 14 heteroatoms. The molecule has 0 radical (unpaired) electrons. The van der Waals surface area contributed by atoms with E-state index in [1.165, 1.54) is 0 Å². The first-order chi connectivity index (χ1) is 27.0. The summed E-state index contributed by atoms with van der Waals surface area (Å²) in [5, 5.41) is 3.64. The van der Waals surface area contributed by atoms with Crippen molar-refractivity contribution in [2.24, 2.45) is 12.5 Å². The fourth-order valence-corrected chi connectivity index (χ4v) is 9.03. The van der Waals surface area contributed by atoms with Gasteiger partial charge in [-0.1, -0.05) is 0 Å². The molecular weight excluding hydrogens is 715 g/mol. The van der Waals surface area contributed by atoms with Crippen LogP contribution in [0.3, 0.4) is 0 Å². The Kier molecular flexibility index (Phi) is 9.87. The predicted molar refractivity (Wildman–Crippen MR) is 210 cm³/mol. The van der Waals surface area contributed by atoms with E-state index in [0.717, 1.165) is 103 Å². The number of rotatable bonds is 12. The Morgan fingerprint density at radius 3 is 2.39 bits per heavy atom. The molecule has 0 saturated carbocycles. The van der Waals surface area contributed by atoms with E-state index in [9.17, 15) is 24.0 Å². The van der Waals surface area contributed by atoms with E-state index >= 15 is 0 Å². The first-order valence-corrected chi connectivity index (χ1v) is 19.2. The van der Waals surface area contributed by atoms with Gasteiger partial charge in [-0.15, -0.1) is 0 Å². The van der Waals surface area contributed by atoms with E-state index in [2.05, 4.69) is 32.0 Å². The second kappa shape index (κ2) is 14.8. The van der Waals surface area contributed by atoms with Crippen LogP contribution in [0.2, 0.25) is 0 Å². The van der Waals surface area contributed by atoms with Gasteiger partial charge >= 0.3 is 0 Å². The third kappa shape index (κ3) is 6.70. The minimum absolute atomic E-state index is 0.0948. The van der Waals surface area contributed by atoms with E-state index in [1.54, 1.807) is 50.4 Å². The number of aromatic nitrogens is 2. The lowest BCUT2D eigenvalue weighted by molar-refractivity contribution is -0.136. The average Bonchev–Trinajstić information content (AvgIpc) is 3.73. The highest BCUT2D eigenvalue weighted by Crippen LogP contribution is 2.42. The second-order valence-corrected chi connectivity index (χ2v) is 15.7. The third-order valence-corrected chi connectivity index (χ3v) is 11.9. The van der Waals surface area contributed by atoms with Crippen molar-refractivity contribution in [1.82, 2.24) is 29.6 Å². The number of amides is 4. The van der Waals surface area contributed by atoms with Crippen LogP contribution in [0.25, 0.3) is 21.9 Å². The molecule has 3 saturated heterocycles. The van der Waals surface area contributed by atoms with E-state index in [0.29, 0.717) is 23.1 Å². The van der Waals surface area contributed by atoms with Gasteiger partial charge in [-0.3, -0.25) is 39.2 Å². The molecule has 6 heterocycles. The van der Waals surface area contributed by atoms with Crippen molar-refractivity contribution >= 4 is 40.1 Å². The number of fused-ring (bicyclic) bond motifs is 2. The molecule has 4 aromatic rings. The van der Waals surface area contributed by atoms with Gasteiger partial charge in [0.2, 0.25) is 11.8 Å². The molecule has 8 rings (SSSR count). The van der Waals surface area contributed by atoms with Crippen molar-refractivity contribution in [3.05, 3.63) is 82.0 Å². The number of imide groups is 2. The average molecular weight is 762 g/mol. The summed E-state index contributed by atoms with van der Waals surface area (Å²) in [4.78, 5) is 75.6. The fraction of sp³-hybridized carbons (Fsp3) is 0.429. The summed E-state index contributed by atoms with van der Waals surface area (Å²) in [5.41, 5.74) is 4.42. The SMILES string of the molecule is COc1cc(-c2cn(C)c(=O)c3cnccc23)cc(OC)c1CN(C)CCCCN1CC2(CCN(c3ccc4c(c3)C(=O)N(C3CCC(=O)NC3=O)C4=O)C2)C1. The Labute approximate surface area is 325 Å². The molecule has 1 spiro atoms. The van der Waals surface area contributed by atoms with E-state index < -0.39 is 23.8 Å². The Bertz CT molecular complexity index is 2290. The van der Waals surface area contributed by atoms with Crippen molar-refractivity contribution in [2.75, 3.05) is 65.4 Å². The van der Waals surface area contributed by atoms with Crippen LogP contribution < -0.4 is 25.2 Å². The number of carbonyl (C=O) groups excluding carboxylic acids is 4. The van der Waals surface area contributed by atoms with Gasteiger partial charge < -0.3 is 28.7 Å². The van der Waals surface area contributed by atoms with Gasteiger partial charge in [-0.2, -0.15) is 0 Å². The fourth-order valence-electron chi connectivity index (χ4n) is 9.03. The number of carbonyl (C=O) groups is 4. The summed E-state index contributed by atoms with van der Waals surface area (Å²) >= 11 is 0. The maximum atomic E-state index is 13.4. The number of likely N-dealkylation sites (tertiary alicyclic amines) is 1. The summed E-state index contributed by atoms with van der Waals surface area (Å²) in [5.74, 6) is -0.487. The zero-order valence-electron chi connectivity index (χ0n) is 32.3. The number of hydrogen-bond donors (Lipinski definition) is 1. The standard InChI is InChI=1S/C42H47N7O7/c1-45(21-33-35(55-3)17-26(18-36(33)56-4)32-22-46(2)39(52)31-20-43-13-11-28(31)32)14-5-6-15-47-23-42(24-47)12-16-48(25-42)27-7-8-29-30(19-27)41(54)49(40(29)53)34-9-10-37(50)44-38(34)51/h7-8,11,13,17-20,22,34H,5-6,9-10,12,14-16,21,23-25H2,1-4H3,(H,44,50,51). The molecule has 1 N–H and O–H groups in total. The maximum Gasteiger partial charge on any atom is 0.262 e. The monoisotopic (exact) mass is 761 g/mol. The number of hydrogen-bond acceptors (Lipinski definition) is 11. The van der Waals surface area contributed by atoms with Crippen molar-refractivity contribution in [3.8, 4) is 22.6 Å². The highest BCUT2D eigenvalue weighted by molar-refractivity contribution is 6.23. The molecule has 4 aliphatic rings. The van der Waals surface area contributed by atoms with Crippen LogP contribution in [0.4, 0.5) is 5.69 Å². The minimum atomic E-state index is -0.968. The van der Waals surface area contributed by atoms with Crippen LogP contribution in [-0.2, 0) is 23.2 Å². The molecule has 2 aromatic carbocycles. The zero-order chi connectivity index (χ0) is 39.3. The molecule has 2 aromatic heterocycles. The molecule has 1 atom stereocenters. The first kappa shape index (κ1) is 37.3. The van der Waals surface area contributed by atoms with Gasteiger partial charge in [0.15, 0.2) is 0 Å². The Hall–Kier alpha value is -5.60. The van der Waals surface area contributed by atoms with Gasteiger partial charge in [-0.05, 0) is 93.2 Å². The lowest BCUT2D eigenvalue weighted by atomic mass is 9.79. The molecule has 14 nitrogen and oxygen atoms in total. The van der Waals surface area contributed by atoms with Gasteiger partial charge in [-0.25, -0.2) is 0 Å². The van der Waals surface area contributed by atoms with Crippen LogP contribution >= 0.6 is 0 Å². The molecule has 56 heavy (non-hydrogen) atoms. The smallest absolute Gasteiger partial charge is 0.262 e. The van der Waals surface area contributed by atoms with Gasteiger partial charge in [0.25, 0.3) is 17.4 Å². The summed E-state index contributed by atoms with van der Waals surface area (Å²) in [6.45, 7) is 6.45. The molecule has 292 valence electrons. The lowest BCUT2D eigenvalue weighted by Crippen LogP contribution is -2.57. The van der Waals surface area contributed by atoms with Crippen LogP contribution in [0.15, 0.2) is 59.8 Å². The number of anilines is 1. The number of unbranched alkanes of at least 4 members (excludes halogenated alkanes) is 1. The number of nitrogens with one attached hydrogen (secondary N) is 1. The summed E-state index contributed by atoms with van der Waals surface area (Å²) in [7, 11) is 7.19. The van der Waals surface area contributed by atoms with Crippen molar-refractivity contribution in [2.45, 2.75) is 44.7 Å². The first-order valence-electron chi connectivity index (χ1n) is 19.2. The van der Waals surface area contributed by atoms with Crippen LogP contribution in [0.5, 0.6) is 11.5 Å². The maximum absolute atomic E-state index is 13.4. The Balaban J connectivity index is 0.828. The predicted octanol–water partition coefficient (Wildman–Crippen LogP) is 3.44. The zero-order valence-corrected chi connectivity index (χ0v) is 32.3. The van der Waals surface area contributed by atoms with Crippen molar-refractivity contribution in [1.29, 1.82) is 0 Å². The van der Waals surface area contributed by atoms with Crippen LogP contribution in [-0.4, -0.2) is 114 Å². The highest BCUT2D eigenvalue weighted by Gasteiger charge is 2.48. The molecule has 4 aliphatic heterocycles. The molecule has 0 bridgehead atoms. The lowest BCUT2D eigenvalue weighted by Gasteiger charge is -2.48. The summed E-state index contributed by atoms with van der Waals surface area (Å²) in [6, 6.07) is 10.3. The van der Waals surface area contributed by atoms with Gasteiger partial charge in [0, 0.05) is 81.4 Å². The normalized spacial score (nSPS) is 19.3. The number of benzene rings is 2. The van der Waals surface area contributed by atoms with E-state index in [1.807, 2.05) is 30.5 Å². The quantitative estimate of drug-likeness (QED) is 0.167. The number of methoxy groups -OCH3 is 2. The molecule has 0 aliphatic carbocycles. The number of ether oxygens (including phenoxy) is 2. The molecule has 3 fully saturated rings.